The Hall–Kier alpha value is -3.93. The quantitative estimate of drug-likeness (QED) is 0.0261. The Bertz CT molecular complexity index is 1570. The van der Waals surface area contributed by atoms with E-state index in [4.69, 9.17) is 14.2 Å². The van der Waals surface area contributed by atoms with Gasteiger partial charge in [-0.25, -0.2) is 0 Å². The lowest BCUT2D eigenvalue weighted by Crippen LogP contribution is -2.30. The molecule has 0 fully saturated rings. The number of hydrogen-bond acceptors (Lipinski definition) is 6. The largest absolute Gasteiger partial charge is 0.462 e. The van der Waals surface area contributed by atoms with Gasteiger partial charge in [0.2, 0.25) is 0 Å². The third-order valence-corrected chi connectivity index (χ3v) is 14.0. The number of rotatable bonds is 59. The zero-order valence-corrected chi connectivity index (χ0v) is 51.2. The predicted octanol–water partition coefficient (Wildman–Crippen LogP) is 22.6. The second kappa shape index (κ2) is 65.6. The Morgan fingerprint density at radius 2 is 0.526 bits per heavy atom. The van der Waals surface area contributed by atoms with Crippen molar-refractivity contribution in [1.29, 1.82) is 0 Å². The molecule has 0 aromatic rings. The van der Waals surface area contributed by atoms with Crippen LogP contribution in [0.3, 0.4) is 0 Å². The highest BCUT2D eigenvalue weighted by Gasteiger charge is 2.19. The number of carbonyl (C=O) groups excluding carboxylic acids is 3. The van der Waals surface area contributed by atoms with E-state index in [1.54, 1.807) is 0 Å². The molecule has 6 heteroatoms. The number of carbonyl (C=O) groups is 3. The van der Waals surface area contributed by atoms with Crippen LogP contribution in [0.2, 0.25) is 0 Å². The zero-order valence-electron chi connectivity index (χ0n) is 51.2. The molecule has 0 saturated heterocycles. The minimum Gasteiger partial charge on any atom is -0.462 e. The summed E-state index contributed by atoms with van der Waals surface area (Å²) in [5.41, 5.74) is 0. The molecular formula is C72H122O6. The maximum Gasteiger partial charge on any atom is 0.306 e. The van der Waals surface area contributed by atoms with Gasteiger partial charge in [-0.05, 0) is 116 Å². The first-order chi connectivity index (χ1) is 38.5. The molecule has 0 N–H and O–H groups in total. The van der Waals surface area contributed by atoms with E-state index in [1.807, 2.05) is 0 Å². The summed E-state index contributed by atoms with van der Waals surface area (Å²) >= 11 is 0. The summed E-state index contributed by atoms with van der Waals surface area (Å²) in [6, 6.07) is 0. The topological polar surface area (TPSA) is 78.9 Å². The average molecular weight is 1080 g/mol. The third-order valence-electron chi connectivity index (χ3n) is 14.0. The Labute approximate surface area is 482 Å². The first kappa shape index (κ1) is 74.1. The van der Waals surface area contributed by atoms with Crippen molar-refractivity contribution < 1.29 is 28.6 Å². The maximum absolute atomic E-state index is 12.9. The fraction of sp³-hybridized carbons (Fsp3) is 0.708. The zero-order chi connectivity index (χ0) is 56.4. The Balaban J connectivity index is 4.30. The van der Waals surface area contributed by atoms with E-state index >= 15 is 0 Å². The van der Waals surface area contributed by atoms with Gasteiger partial charge < -0.3 is 14.2 Å². The van der Waals surface area contributed by atoms with Crippen molar-refractivity contribution in [2.75, 3.05) is 13.2 Å². The molecule has 1 unspecified atom stereocenters. The lowest BCUT2D eigenvalue weighted by atomic mass is 10.0. The molecule has 0 aromatic carbocycles. The molecule has 0 bridgehead atoms. The summed E-state index contributed by atoms with van der Waals surface area (Å²) in [6.07, 6.45) is 89.7. The highest BCUT2D eigenvalue weighted by molar-refractivity contribution is 5.71. The van der Waals surface area contributed by atoms with Crippen LogP contribution in [-0.4, -0.2) is 37.2 Å². The van der Waals surface area contributed by atoms with Crippen LogP contribution < -0.4 is 0 Å². The summed E-state index contributed by atoms with van der Waals surface area (Å²) in [7, 11) is 0. The molecule has 6 nitrogen and oxygen atoms in total. The minimum absolute atomic E-state index is 0.105. The molecule has 0 saturated carbocycles. The van der Waals surface area contributed by atoms with Crippen molar-refractivity contribution in [1.82, 2.24) is 0 Å². The molecule has 0 aromatic heterocycles. The van der Waals surface area contributed by atoms with E-state index in [1.165, 1.54) is 154 Å². The molecule has 1 atom stereocenters. The fourth-order valence-corrected chi connectivity index (χ4v) is 9.06. The fourth-order valence-electron chi connectivity index (χ4n) is 9.06. The number of esters is 3. The van der Waals surface area contributed by atoms with Crippen LogP contribution in [0.1, 0.15) is 310 Å². The van der Waals surface area contributed by atoms with Crippen molar-refractivity contribution in [2.24, 2.45) is 0 Å². The molecule has 0 aliphatic heterocycles. The number of unbranched alkanes of at least 4 members (excludes halogenated alkanes) is 30. The van der Waals surface area contributed by atoms with E-state index in [0.29, 0.717) is 19.3 Å². The molecule has 0 spiro atoms. The molecule has 0 aliphatic rings. The molecule has 446 valence electrons. The van der Waals surface area contributed by atoms with Gasteiger partial charge in [0.1, 0.15) is 13.2 Å². The van der Waals surface area contributed by atoms with Crippen molar-refractivity contribution >= 4 is 17.9 Å². The standard InChI is InChI=1S/C72H122O6/c1-4-7-10-13-16-19-22-25-28-30-31-32-33-34-35-36-37-38-39-40-41-43-44-47-50-53-56-59-62-65-71(74)77-68-69(67-76-70(73)64-61-58-55-52-49-46-27-24-21-18-15-12-9-6-3)78-72(75)66-63-60-57-54-51-48-45-42-29-26-23-20-17-14-11-8-5-2/h8,11,15,17-18,20,22,24-27,29-31,45,48,54,57,69H,4-7,9-10,12-14,16,19,21,23,28,32-44,46-47,49-53,55-56,58-68H2,1-3H3/b11-8-,18-15-,20-17-,25-22-,27-24-,29-26-,31-30-,48-45-,57-54-. The molecule has 78 heavy (non-hydrogen) atoms. The van der Waals surface area contributed by atoms with Gasteiger partial charge in [-0.3, -0.25) is 14.4 Å². The molecule has 0 rings (SSSR count). The summed E-state index contributed by atoms with van der Waals surface area (Å²) in [5, 5.41) is 0. The second-order valence-electron chi connectivity index (χ2n) is 21.6. The lowest BCUT2D eigenvalue weighted by molar-refractivity contribution is -0.167. The van der Waals surface area contributed by atoms with Gasteiger partial charge in [0.25, 0.3) is 0 Å². The van der Waals surface area contributed by atoms with Gasteiger partial charge >= 0.3 is 17.9 Å². The van der Waals surface area contributed by atoms with Crippen LogP contribution in [0, 0.1) is 0 Å². The Kier molecular flexibility index (Phi) is 62.3. The molecule has 0 heterocycles. The molecule has 0 aliphatic carbocycles. The monoisotopic (exact) mass is 1080 g/mol. The Morgan fingerprint density at radius 3 is 0.859 bits per heavy atom. The van der Waals surface area contributed by atoms with Crippen molar-refractivity contribution in [3.05, 3.63) is 109 Å². The van der Waals surface area contributed by atoms with Crippen LogP contribution in [-0.2, 0) is 28.6 Å². The normalized spacial score (nSPS) is 12.8. The Morgan fingerprint density at radius 1 is 0.269 bits per heavy atom. The first-order valence-electron chi connectivity index (χ1n) is 32.9. The van der Waals surface area contributed by atoms with E-state index in [9.17, 15) is 14.4 Å². The average Bonchev–Trinajstić information content (AvgIpc) is 3.44. The highest BCUT2D eigenvalue weighted by atomic mass is 16.6. The van der Waals surface area contributed by atoms with Crippen LogP contribution in [0.15, 0.2) is 109 Å². The van der Waals surface area contributed by atoms with Gasteiger partial charge in [-0.1, -0.05) is 284 Å². The van der Waals surface area contributed by atoms with Crippen molar-refractivity contribution in [3.8, 4) is 0 Å². The molecular weight excluding hydrogens is 961 g/mol. The second-order valence-corrected chi connectivity index (χ2v) is 21.6. The maximum atomic E-state index is 12.9. The lowest BCUT2D eigenvalue weighted by Gasteiger charge is -2.18. The number of allylic oxidation sites excluding steroid dienone is 18. The van der Waals surface area contributed by atoms with Gasteiger partial charge in [0.15, 0.2) is 6.10 Å². The van der Waals surface area contributed by atoms with Gasteiger partial charge in [-0.2, -0.15) is 0 Å². The van der Waals surface area contributed by atoms with Crippen molar-refractivity contribution in [3.63, 3.8) is 0 Å². The van der Waals surface area contributed by atoms with E-state index in [0.717, 1.165) is 109 Å². The summed E-state index contributed by atoms with van der Waals surface area (Å²) in [5.74, 6) is -0.971. The predicted molar refractivity (Wildman–Crippen MR) is 339 cm³/mol. The van der Waals surface area contributed by atoms with Gasteiger partial charge in [0.05, 0.1) is 0 Å². The third kappa shape index (κ3) is 62.9. The van der Waals surface area contributed by atoms with Crippen LogP contribution in [0.5, 0.6) is 0 Å². The minimum atomic E-state index is -0.815. The smallest absolute Gasteiger partial charge is 0.306 e. The summed E-state index contributed by atoms with van der Waals surface area (Å²) in [4.78, 5) is 38.3. The van der Waals surface area contributed by atoms with E-state index in [-0.39, 0.29) is 37.5 Å². The van der Waals surface area contributed by atoms with Crippen LogP contribution >= 0.6 is 0 Å². The summed E-state index contributed by atoms with van der Waals surface area (Å²) in [6.45, 7) is 6.44. The van der Waals surface area contributed by atoms with Crippen molar-refractivity contribution in [2.45, 2.75) is 316 Å². The van der Waals surface area contributed by atoms with E-state index < -0.39 is 6.10 Å². The SMILES string of the molecule is CC/C=C\C/C=C\C/C=C\C/C=C\C/C=C\CCCC(=O)OC(COC(=O)CCCCCCC/C=C\C/C=C\CCCC)COC(=O)CCCCCCCCCCCCCCCCCCC/C=C\C/C=C\CCCCCCC. The number of ether oxygens (including phenoxy) is 3. The number of hydrogen-bond donors (Lipinski definition) is 0. The summed E-state index contributed by atoms with van der Waals surface area (Å²) < 4.78 is 16.9. The van der Waals surface area contributed by atoms with Gasteiger partial charge in [-0.15, -0.1) is 0 Å². The van der Waals surface area contributed by atoms with Crippen LogP contribution in [0.4, 0.5) is 0 Å². The van der Waals surface area contributed by atoms with Crippen LogP contribution in [0.25, 0.3) is 0 Å². The first-order valence-corrected chi connectivity index (χ1v) is 32.9. The molecule has 0 amide bonds. The van der Waals surface area contributed by atoms with Gasteiger partial charge in [0, 0.05) is 19.3 Å². The highest BCUT2D eigenvalue weighted by Crippen LogP contribution is 2.16. The van der Waals surface area contributed by atoms with E-state index in [2.05, 4.69) is 130 Å². The molecule has 0 radical (unpaired) electrons.